The van der Waals surface area contributed by atoms with Crippen LogP contribution in [-0.2, 0) is 0 Å². The van der Waals surface area contributed by atoms with E-state index in [1.165, 1.54) is 22.3 Å². The summed E-state index contributed by atoms with van der Waals surface area (Å²) in [6, 6.07) is 23.5. The molecule has 134 valence electrons. The fourth-order valence-corrected chi connectivity index (χ4v) is 3.40. The van der Waals surface area contributed by atoms with E-state index in [1.807, 2.05) is 6.07 Å². The standard InChI is InChI=1S/C25H24N2/c1-16-10-11-18(3)22(14-16)25-26-23(20-8-6-5-7-9-20)24(27-25)21-13-12-17(2)19(4)15-21/h5-15H,1-4H3,(H,26,27). The number of nitrogens with one attached hydrogen (secondary N) is 1. The van der Waals surface area contributed by atoms with Crippen molar-refractivity contribution in [2.75, 3.05) is 0 Å². The SMILES string of the molecule is Cc1ccc(C)c(-c2nc(-c3ccc(C)c(C)c3)c(-c3ccccc3)[nH]2)c1. The Labute approximate surface area is 160 Å². The smallest absolute Gasteiger partial charge is 0.138 e. The maximum absolute atomic E-state index is 5.04. The van der Waals surface area contributed by atoms with Crippen LogP contribution in [0.25, 0.3) is 33.9 Å². The van der Waals surface area contributed by atoms with Crippen LogP contribution in [0.2, 0.25) is 0 Å². The monoisotopic (exact) mass is 352 g/mol. The molecule has 4 aromatic rings. The predicted molar refractivity (Wildman–Crippen MR) is 114 cm³/mol. The Morgan fingerprint density at radius 1 is 0.667 bits per heavy atom. The van der Waals surface area contributed by atoms with Gasteiger partial charge in [0.05, 0.1) is 11.4 Å². The lowest BCUT2D eigenvalue weighted by molar-refractivity contribution is 1.27. The number of aryl methyl sites for hydroxylation is 4. The highest BCUT2D eigenvalue weighted by Gasteiger charge is 2.16. The largest absolute Gasteiger partial charge is 0.337 e. The summed E-state index contributed by atoms with van der Waals surface area (Å²) in [5.41, 5.74) is 10.5. The van der Waals surface area contributed by atoms with Gasteiger partial charge in [-0.1, -0.05) is 60.2 Å². The Hall–Kier alpha value is -3.13. The van der Waals surface area contributed by atoms with Crippen molar-refractivity contribution >= 4 is 0 Å². The lowest BCUT2D eigenvalue weighted by Gasteiger charge is -2.06. The molecule has 0 aliphatic carbocycles. The second-order valence-corrected chi connectivity index (χ2v) is 7.29. The van der Waals surface area contributed by atoms with Gasteiger partial charge in [-0.05, 0) is 56.5 Å². The van der Waals surface area contributed by atoms with Crippen molar-refractivity contribution in [3.8, 4) is 33.9 Å². The lowest BCUT2D eigenvalue weighted by Crippen LogP contribution is -1.87. The number of rotatable bonds is 3. The van der Waals surface area contributed by atoms with Gasteiger partial charge in [-0.3, -0.25) is 0 Å². The molecular weight excluding hydrogens is 328 g/mol. The van der Waals surface area contributed by atoms with Gasteiger partial charge < -0.3 is 4.98 Å². The molecule has 0 aliphatic rings. The van der Waals surface area contributed by atoms with Gasteiger partial charge in [-0.25, -0.2) is 4.98 Å². The molecule has 0 fully saturated rings. The molecule has 3 aromatic carbocycles. The van der Waals surface area contributed by atoms with E-state index in [2.05, 4.69) is 93.3 Å². The van der Waals surface area contributed by atoms with Gasteiger partial charge >= 0.3 is 0 Å². The summed E-state index contributed by atoms with van der Waals surface area (Å²) >= 11 is 0. The van der Waals surface area contributed by atoms with Crippen molar-refractivity contribution < 1.29 is 0 Å². The summed E-state index contributed by atoms with van der Waals surface area (Å²) in [6.07, 6.45) is 0. The van der Waals surface area contributed by atoms with Crippen LogP contribution in [0.5, 0.6) is 0 Å². The van der Waals surface area contributed by atoms with E-state index in [0.29, 0.717) is 0 Å². The first-order valence-electron chi connectivity index (χ1n) is 9.33. The Kier molecular flexibility index (Phi) is 4.41. The summed E-state index contributed by atoms with van der Waals surface area (Å²) in [4.78, 5) is 8.65. The van der Waals surface area contributed by atoms with E-state index in [4.69, 9.17) is 4.98 Å². The molecular formula is C25H24N2. The average Bonchev–Trinajstić information content (AvgIpc) is 3.12. The van der Waals surface area contributed by atoms with E-state index >= 15 is 0 Å². The van der Waals surface area contributed by atoms with Gasteiger partial charge in [-0.2, -0.15) is 0 Å². The molecule has 0 amide bonds. The minimum atomic E-state index is 0.920. The number of nitrogens with zero attached hydrogens (tertiary/aromatic N) is 1. The quantitative estimate of drug-likeness (QED) is 0.439. The van der Waals surface area contributed by atoms with Crippen LogP contribution in [0.4, 0.5) is 0 Å². The molecule has 0 radical (unpaired) electrons. The highest BCUT2D eigenvalue weighted by atomic mass is 14.9. The molecule has 0 spiro atoms. The lowest BCUT2D eigenvalue weighted by atomic mass is 10.0. The average molecular weight is 352 g/mol. The summed E-state index contributed by atoms with van der Waals surface area (Å²) in [5.74, 6) is 0.920. The van der Waals surface area contributed by atoms with Gasteiger partial charge in [-0.15, -0.1) is 0 Å². The second-order valence-electron chi connectivity index (χ2n) is 7.29. The van der Waals surface area contributed by atoms with Crippen LogP contribution in [0.3, 0.4) is 0 Å². The normalized spacial score (nSPS) is 11.0. The van der Waals surface area contributed by atoms with Crippen LogP contribution < -0.4 is 0 Å². The highest BCUT2D eigenvalue weighted by Crippen LogP contribution is 2.34. The number of H-pyrrole nitrogens is 1. The summed E-state index contributed by atoms with van der Waals surface area (Å²) in [6.45, 7) is 8.55. The van der Waals surface area contributed by atoms with Crippen LogP contribution in [0, 0.1) is 27.7 Å². The molecule has 0 saturated carbocycles. The Balaban J connectivity index is 1.95. The van der Waals surface area contributed by atoms with Crippen LogP contribution in [0.1, 0.15) is 22.3 Å². The molecule has 27 heavy (non-hydrogen) atoms. The molecule has 2 nitrogen and oxygen atoms in total. The first kappa shape index (κ1) is 17.3. The van der Waals surface area contributed by atoms with Gasteiger partial charge in [0.15, 0.2) is 0 Å². The maximum atomic E-state index is 5.04. The van der Waals surface area contributed by atoms with Gasteiger partial charge in [0.1, 0.15) is 5.82 Å². The van der Waals surface area contributed by atoms with Crippen LogP contribution in [0.15, 0.2) is 66.7 Å². The van der Waals surface area contributed by atoms with E-state index in [9.17, 15) is 0 Å². The van der Waals surface area contributed by atoms with Crippen LogP contribution >= 0.6 is 0 Å². The zero-order chi connectivity index (χ0) is 19.0. The molecule has 1 N–H and O–H groups in total. The predicted octanol–water partition coefficient (Wildman–Crippen LogP) is 6.64. The topological polar surface area (TPSA) is 28.7 Å². The Morgan fingerprint density at radius 3 is 2.15 bits per heavy atom. The van der Waals surface area contributed by atoms with Crippen molar-refractivity contribution in [2.24, 2.45) is 0 Å². The molecule has 0 unspecified atom stereocenters. The van der Waals surface area contributed by atoms with Crippen LogP contribution in [-0.4, -0.2) is 9.97 Å². The molecule has 0 bridgehead atoms. The van der Waals surface area contributed by atoms with Crippen molar-refractivity contribution in [1.29, 1.82) is 0 Å². The molecule has 4 rings (SSSR count). The van der Waals surface area contributed by atoms with Crippen molar-refractivity contribution in [2.45, 2.75) is 27.7 Å². The number of hydrogen-bond acceptors (Lipinski definition) is 1. The third-order valence-corrected chi connectivity index (χ3v) is 5.19. The van der Waals surface area contributed by atoms with Crippen molar-refractivity contribution in [1.82, 2.24) is 9.97 Å². The second kappa shape index (κ2) is 6.88. The van der Waals surface area contributed by atoms with Gasteiger partial charge in [0, 0.05) is 16.7 Å². The Morgan fingerprint density at radius 2 is 1.41 bits per heavy atom. The van der Waals surface area contributed by atoms with E-state index < -0.39 is 0 Å². The minimum absolute atomic E-state index is 0.920. The molecule has 1 heterocycles. The van der Waals surface area contributed by atoms with Crippen molar-refractivity contribution in [3.63, 3.8) is 0 Å². The maximum Gasteiger partial charge on any atom is 0.138 e. The molecule has 0 atom stereocenters. The van der Waals surface area contributed by atoms with E-state index in [1.54, 1.807) is 0 Å². The number of hydrogen-bond donors (Lipinski definition) is 1. The fourth-order valence-electron chi connectivity index (χ4n) is 3.40. The first-order valence-corrected chi connectivity index (χ1v) is 9.33. The number of imidazole rings is 1. The number of aromatic nitrogens is 2. The first-order chi connectivity index (χ1) is 13.0. The summed E-state index contributed by atoms with van der Waals surface area (Å²) < 4.78 is 0. The third-order valence-electron chi connectivity index (χ3n) is 5.19. The fraction of sp³-hybridized carbons (Fsp3) is 0.160. The summed E-state index contributed by atoms with van der Waals surface area (Å²) in [5, 5.41) is 0. The minimum Gasteiger partial charge on any atom is -0.337 e. The summed E-state index contributed by atoms with van der Waals surface area (Å²) in [7, 11) is 0. The Bertz CT molecular complexity index is 1100. The zero-order valence-corrected chi connectivity index (χ0v) is 16.3. The van der Waals surface area contributed by atoms with E-state index in [0.717, 1.165) is 33.9 Å². The van der Waals surface area contributed by atoms with Crippen molar-refractivity contribution in [3.05, 3.63) is 89.0 Å². The molecule has 0 aliphatic heterocycles. The highest BCUT2D eigenvalue weighted by molar-refractivity contribution is 5.82. The van der Waals surface area contributed by atoms with Gasteiger partial charge in [0.25, 0.3) is 0 Å². The number of aromatic amines is 1. The number of benzene rings is 3. The molecule has 2 heteroatoms. The molecule has 1 aromatic heterocycles. The third kappa shape index (κ3) is 3.31. The van der Waals surface area contributed by atoms with Gasteiger partial charge in [0.2, 0.25) is 0 Å². The van der Waals surface area contributed by atoms with E-state index in [-0.39, 0.29) is 0 Å². The zero-order valence-electron chi connectivity index (χ0n) is 16.3. The molecule has 0 saturated heterocycles.